The van der Waals surface area contributed by atoms with Crippen molar-refractivity contribution in [2.45, 2.75) is 307 Å². The van der Waals surface area contributed by atoms with Gasteiger partial charge in [0, 0.05) is 12.8 Å². The van der Waals surface area contributed by atoms with E-state index in [-0.39, 0.29) is 12.8 Å². The fraction of sp³-hybridized carbons (Fsp3) is 0.926. The van der Waals surface area contributed by atoms with E-state index in [1.807, 2.05) is 0 Å². The van der Waals surface area contributed by atoms with E-state index in [0.717, 1.165) is 51.4 Å². The molecule has 0 amide bonds. The van der Waals surface area contributed by atoms with Crippen LogP contribution in [0.2, 0.25) is 0 Å². The van der Waals surface area contributed by atoms with Crippen LogP contribution in [0.4, 0.5) is 0 Å². The topological polar surface area (TPSA) is 210 Å². The fourth-order valence-electron chi connectivity index (χ4n) is 8.87. The number of phosphoric acid groups is 1. The summed E-state index contributed by atoms with van der Waals surface area (Å²) in [5.41, 5.74) is 0. The SMILES string of the molecule is CCCCCCCC/C=C/CCCCCCCCCC(=O)OC[C@H](COP(=O)(O)OC1C(O)C(O)C(O)[C@H](O)C1O)OC(=O)CCCCCCCCCCCCCCCCCCCCCCCC. The lowest BCUT2D eigenvalue weighted by molar-refractivity contribution is -0.220. The van der Waals surface area contributed by atoms with E-state index in [1.54, 1.807) is 0 Å². The van der Waals surface area contributed by atoms with Crippen LogP contribution in [-0.2, 0) is 32.7 Å². The Labute approximate surface area is 413 Å². The van der Waals surface area contributed by atoms with Crippen LogP contribution in [0, 0.1) is 0 Å². The van der Waals surface area contributed by atoms with Crippen LogP contribution < -0.4 is 0 Å². The van der Waals surface area contributed by atoms with Gasteiger partial charge in [-0.05, 0) is 38.5 Å². The summed E-state index contributed by atoms with van der Waals surface area (Å²) in [6.45, 7) is 3.35. The van der Waals surface area contributed by atoms with Crippen molar-refractivity contribution in [2.24, 2.45) is 0 Å². The molecule has 6 N–H and O–H groups in total. The maximum absolute atomic E-state index is 12.9. The molecule has 13 nitrogen and oxygen atoms in total. The monoisotopic (exact) mass is 991 g/mol. The Kier molecular flexibility index (Phi) is 42.1. The average Bonchev–Trinajstić information content (AvgIpc) is 3.32. The van der Waals surface area contributed by atoms with Gasteiger partial charge in [-0.15, -0.1) is 0 Å². The molecule has 1 aliphatic rings. The first kappa shape index (κ1) is 64.6. The number of allylic oxidation sites excluding steroid dienone is 2. The molecule has 1 aliphatic carbocycles. The molecule has 1 saturated carbocycles. The molecule has 0 bridgehead atoms. The Morgan fingerprint density at radius 1 is 0.441 bits per heavy atom. The van der Waals surface area contributed by atoms with Gasteiger partial charge in [-0.2, -0.15) is 0 Å². The molecule has 0 aliphatic heterocycles. The van der Waals surface area contributed by atoms with E-state index in [1.165, 1.54) is 173 Å². The highest BCUT2D eigenvalue weighted by atomic mass is 31.2. The zero-order chi connectivity index (χ0) is 49.9. The van der Waals surface area contributed by atoms with E-state index in [0.29, 0.717) is 12.8 Å². The minimum absolute atomic E-state index is 0.103. The van der Waals surface area contributed by atoms with Gasteiger partial charge < -0.3 is 39.9 Å². The highest BCUT2D eigenvalue weighted by Gasteiger charge is 2.51. The number of hydrogen-bond donors (Lipinski definition) is 6. The molecule has 1 rings (SSSR count). The lowest BCUT2D eigenvalue weighted by Gasteiger charge is -2.41. The van der Waals surface area contributed by atoms with Crippen molar-refractivity contribution in [3.05, 3.63) is 12.2 Å². The molecule has 0 heterocycles. The average molecular weight is 991 g/mol. The fourth-order valence-corrected chi connectivity index (χ4v) is 9.85. The molecule has 14 heteroatoms. The standard InChI is InChI=1S/C54H103O13P/c1-3-5-7-9-11-13-15-17-19-21-22-23-24-25-27-29-31-33-35-37-39-41-43-48(56)66-46(45-65-68(62,63)67-54-52(60)50(58)49(57)51(59)53(54)61)44-64-47(55)42-40-38-36-34-32-30-28-26-20-18-16-14-12-10-8-6-4-2/h18,20,46,49-54,57-61H,3-17,19,21-45H2,1-2H3,(H,62,63)/b20-18+/t46-,49?,50+,51?,52?,53?,54?/m1/s1. The number of rotatable bonds is 48. The van der Waals surface area contributed by atoms with E-state index in [4.69, 9.17) is 18.5 Å². The maximum Gasteiger partial charge on any atom is 0.472 e. The van der Waals surface area contributed by atoms with Gasteiger partial charge in [0.05, 0.1) is 6.61 Å². The van der Waals surface area contributed by atoms with Gasteiger partial charge in [0.15, 0.2) is 6.10 Å². The van der Waals surface area contributed by atoms with E-state index in [2.05, 4.69) is 26.0 Å². The number of esters is 2. The van der Waals surface area contributed by atoms with Crippen LogP contribution in [-0.4, -0.2) is 98.3 Å². The van der Waals surface area contributed by atoms with Crippen LogP contribution >= 0.6 is 7.82 Å². The number of hydrogen-bond acceptors (Lipinski definition) is 12. The third kappa shape index (κ3) is 35.7. The number of carbonyl (C=O) groups is 2. The first-order valence-corrected chi connectivity index (χ1v) is 29.5. The normalized spacial score (nSPS) is 21.0. The van der Waals surface area contributed by atoms with Crippen molar-refractivity contribution in [1.29, 1.82) is 0 Å². The minimum Gasteiger partial charge on any atom is -0.462 e. The van der Waals surface area contributed by atoms with E-state index >= 15 is 0 Å². The second-order valence-corrected chi connectivity index (χ2v) is 21.2. The van der Waals surface area contributed by atoms with Crippen LogP contribution in [0.5, 0.6) is 0 Å². The Balaban J connectivity index is 2.34. The highest BCUT2D eigenvalue weighted by Crippen LogP contribution is 2.47. The maximum atomic E-state index is 12.9. The molecular formula is C54H103O13P. The predicted octanol–water partition coefficient (Wildman–Crippen LogP) is 12.6. The summed E-state index contributed by atoms with van der Waals surface area (Å²) < 4.78 is 33.7. The first-order chi connectivity index (χ1) is 32.9. The third-order valence-electron chi connectivity index (χ3n) is 13.4. The number of phosphoric ester groups is 1. The first-order valence-electron chi connectivity index (χ1n) is 28.0. The zero-order valence-corrected chi connectivity index (χ0v) is 44.1. The summed E-state index contributed by atoms with van der Waals surface area (Å²) in [6.07, 6.45) is 36.9. The summed E-state index contributed by atoms with van der Waals surface area (Å²) in [5, 5.41) is 50.3. The zero-order valence-electron chi connectivity index (χ0n) is 43.2. The van der Waals surface area contributed by atoms with Gasteiger partial charge in [0.2, 0.25) is 0 Å². The number of ether oxygens (including phenoxy) is 2. The lowest BCUT2D eigenvalue weighted by Crippen LogP contribution is -2.64. The lowest BCUT2D eigenvalue weighted by atomic mass is 9.85. The number of unbranched alkanes of at least 4 members (excludes halogenated alkanes) is 34. The van der Waals surface area contributed by atoms with Gasteiger partial charge >= 0.3 is 19.8 Å². The molecule has 6 unspecified atom stereocenters. The van der Waals surface area contributed by atoms with Crippen LogP contribution in [0.15, 0.2) is 12.2 Å². The predicted molar refractivity (Wildman–Crippen MR) is 272 cm³/mol. The van der Waals surface area contributed by atoms with Gasteiger partial charge in [-0.25, -0.2) is 4.57 Å². The summed E-state index contributed by atoms with van der Waals surface area (Å²) in [6, 6.07) is 0. The molecule has 8 atom stereocenters. The smallest absolute Gasteiger partial charge is 0.462 e. The summed E-state index contributed by atoms with van der Waals surface area (Å²) in [7, 11) is -5.12. The van der Waals surface area contributed by atoms with Crippen molar-refractivity contribution in [3.63, 3.8) is 0 Å². The molecule has 0 aromatic rings. The Hall–Kier alpha value is -1.41. The Bertz CT molecular complexity index is 1240. The Morgan fingerprint density at radius 3 is 1.12 bits per heavy atom. The molecule has 0 aromatic carbocycles. The molecule has 1 fully saturated rings. The van der Waals surface area contributed by atoms with E-state index in [9.17, 15) is 44.6 Å². The molecule has 0 saturated heterocycles. The van der Waals surface area contributed by atoms with Crippen molar-refractivity contribution in [2.75, 3.05) is 13.2 Å². The molecule has 0 spiro atoms. The van der Waals surface area contributed by atoms with Gasteiger partial charge in [0.1, 0.15) is 43.2 Å². The number of aliphatic hydroxyl groups excluding tert-OH is 5. The molecule has 0 radical (unpaired) electrons. The molecule has 0 aromatic heterocycles. The minimum atomic E-state index is -5.12. The Morgan fingerprint density at radius 2 is 0.750 bits per heavy atom. The quantitative estimate of drug-likeness (QED) is 0.0145. The summed E-state index contributed by atoms with van der Waals surface area (Å²) in [5.74, 6) is -1.09. The van der Waals surface area contributed by atoms with Crippen LogP contribution in [0.3, 0.4) is 0 Å². The van der Waals surface area contributed by atoms with Crippen LogP contribution in [0.25, 0.3) is 0 Å². The van der Waals surface area contributed by atoms with Crippen molar-refractivity contribution < 1.29 is 63.1 Å². The van der Waals surface area contributed by atoms with Gasteiger partial charge in [0.25, 0.3) is 0 Å². The van der Waals surface area contributed by atoms with Crippen molar-refractivity contribution in [1.82, 2.24) is 0 Å². The van der Waals surface area contributed by atoms with Gasteiger partial charge in [-0.1, -0.05) is 225 Å². The largest absolute Gasteiger partial charge is 0.472 e. The van der Waals surface area contributed by atoms with E-state index < -0.39 is 75.7 Å². The van der Waals surface area contributed by atoms with Crippen molar-refractivity contribution >= 4 is 19.8 Å². The second kappa shape index (κ2) is 44.3. The van der Waals surface area contributed by atoms with Gasteiger partial charge in [-0.3, -0.25) is 18.6 Å². The number of carbonyl (C=O) groups excluding carboxylic acids is 2. The molecule has 68 heavy (non-hydrogen) atoms. The van der Waals surface area contributed by atoms with Crippen LogP contribution in [0.1, 0.15) is 264 Å². The van der Waals surface area contributed by atoms with Crippen molar-refractivity contribution in [3.8, 4) is 0 Å². The second-order valence-electron chi connectivity index (χ2n) is 19.8. The molecular weight excluding hydrogens is 888 g/mol. The number of aliphatic hydroxyl groups is 5. The third-order valence-corrected chi connectivity index (χ3v) is 14.3. The summed E-state index contributed by atoms with van der Waals surface area (Å²) in [4.78, 5) is 35.9. The molecule has 402 valence electrons. The summed E-state index contributed by atoms with van der Waals surface area (Å²) >= 11 is 0. The highest BCUT2D eigenvalue weighted by molar-refractivity contribution is 7.47.